The van der Waals surface area contributed by atoms with E-state index in [0.29, 0.717) is 5.82 Å². The average Bonchev–Trinajstić information content (AvgIpc) is 3.78. The number of fused-ring (bicyclic) bond motifs is 6. The Bertz CT molecular complexity index is 3590. The van der Waals surface area contributed by atoms with Gasteiger partial charge in [0, 0.05) is 27.6 Å². The third-order valence-electron chi connectivity index (χ3n) is 12.1. The molecule has 3 heteroatoms. The summed E-state index contributed by atoms with van der Waals surface area (Å²) in [6.45, 7) is 0. The summed E-state index contributed by atoms with van der Waals surface area (Å²) >= 11 is 0. The molecule has 0 unspecified atom stereocenters. The SMILES string of the molecule is c1ccc(-c2nc(-c3ccc(-c4cc5ccccc5o4)cc3)cc(-c3ccc(-c4ccc(-c5c6ccccc6cc6c5ccc5ccccc56)c5ccccc45)cc3)n2)cc1. The van der Waals surface area contributed by atoms with Crippen molar-refractivity contribution in [2.45, 2.75) is 0 Å². The molecule has 0 saturated heterocycles. The van der Waals surface area contributed by atoms with Crippen molar-refractivity contribution in [1.82, 2.24) is 9.97 Å². The molecule has 10 aromatic carbocycles. The maximum absolute atomic E-state index is 6.16. The van der Waals surface area contributed by atoms with Crippen molar-refractivity contribution in [3.05, 3.63) is 218 Å². The molecule has 0 spiro atoms. The van der Waals surface area contributed by atoms with Crippen LogP contribution in [0.25, 0.3) is 122 Å². The number of rotatable bonds is 6. The summed E-state index contributed by atoms with van der Waals surface area (Å²) in [6.07, 6.45) is 0. The highest BCUT2D eigenvalue weighted by Gasteiger charge is 2.17. The van der Waals surface area contributed by atoms with E-state index in [9.17, 15) is 0 Å². The normalized spacial score (nSPS) is 11.6. The van der Waals surface area contributed by atoms with Crippen LogP contribution in [-0.2, 0) is 0 Å². The van der Waals surface area contributed by atoms with Crippen LogP contribution < -0.4 is 0 Å². The summed E-state index contributed by atoms with van der Waals surface area (Å²) in [5.74, 6) is 1.54. The first kappa shape index (κ1) is 34.9. The van der Waals surface area contributed by atoms with Gasteiger partial charge in [-0.1, -0.05) is 194 Å². The molecular formula is C58H36N2O. The molecule has 0 bridgehead atoms. The molecule has 0 aliphatic carbocycles. The van der Waals surface area contributed by atoms with Crippen LogP contribution in [0.3, 0.4) is 0 Å². The first-order valence-corrected chi connectivity index (χ1v) is 20.7. The van der Waals surface area contributed by atoms with Crippen LogP contribution >= 0.6 is 0 Å². The molecule has 3 nitrogen and oxygen atoms in total. The van der Waals surface area contributed by atoms with Gasteiger partial charge < -0.3 is 4.42 Å². The van der Waals surface area contributed by atoms with Crippen molar-refractivity contribution in [2.75, 3.05) is 0 Å². The van der Waals surface area contributed by atoms with Gasteiger partial charge in [0.25, 0.3) is 0 Å². The molecule has 0 saturated carbocycles. The number of aromatic nitrogens is 2. The van der Waals surface area contributed by atoms with E-state index in [-0.39, 0.29) is 0 Å². The minimum Gasteiger partial charge on any atom is -0.456 e. The van der Waals surface area contributed by atoms with Gasteiger partial charge in [-0.05, 0) is 89.6 Å². The highest BCUT2D eigenvalue weighted by molar-refractivity contribution is 6.23. The van der Waals surface area contributed by atoms with Gasteiger partial charge in [-0.2, -0.15) is 0 Å². The van der Waals surface area contributed by atoms with Crippen LogP contribution in [0.1, 0.15) is 0 Å². The van der Waals surface area contributed by atoms with Crippen LogP contribution in [0, 0.1) is 0 Å². The standard InChI is InChI=1S/C58H36N2O/c1-2-13-42(14-3-1)58-59-53(36-54(60-58)40-26-28-41(29-27-40)56-35-44-16-6-11-21-55(44)61-56)39-24-22-38(23-25-39)46-32-33-50(49-20-10-9-19-48(46)49)57-47-18-8-5-15-43(47)34-52-45-17-7-4-12-37(45)30-31-51(52)57/h1-36H. The molecule has 0 amide bonds. The monoisotopic (exact) mass is 776 g/mol. The van der Waals surface area contributed by atoms with Gasteiger partial charge in [-0.25, -0.2) is 9.97 Å². The van der Waals surface area contributed by atoms with Crippen LogP contribution in [0.5, 0.6) is 0 Å². The molecule has 0 aliphatic rings. The molecule has 0 fully saturated rings. The van der Waals surface area contributed by atoms with E-state index in [1.807, 2.05) is 36.4 Å². The molecule has 61 heavy (non-hydrogen) atoms. The second-order valence-corrected chi connectivity index (χ2v) is 15.7. The topological polar surface area (TPSA) is 38.9 Å². The second-order valence-electron chi connectivity index (χ2n) is 15.7. The Morgan fingerprint density at radius 1 is 0.295 bits per heavy atom. The maximum Gasteiger partial charge on any atom is 0.160 e. The van der Waals surface area contributed by atoms with Crippen LogP contribution in [0.2, 0.25) is 0 Å². The smallest absolute Gasteiger partial charge is 0.160 e. The van der Waals surface area contributed by atoms with E-state index in [1.165, 1.54) is 59.8 Å². The zero-order chi connectivity index (χ0) is 40.3. The molecule has 0 aliphatic heterocycles. The maximum atomic E-state index is 6.16. The Morgan fingerprint density at radius 3 is 1.57 bits per heavy atom. The van der Waals surface area contributed by atoms with E-state index in [1.54, 1.807) is 0 Å². The van der Waals surface area contributed by atoms with Crippen molar-refractivity contribution < 1.29 is 4.42 Å². The van der Waals surface area contributed by atoms with Crippen molar-refractivity contribution in [1.29, 1.82) is 0 Å². The predicted octanol–water partition coefficient (Wildman–Crippen LogP) is 15.8. The molecule has 0 atom stereocenters. The highest BCUT2D eigenvalue weighted by atomic mass is 16.3. The quantitative estimate of drug-likeness (QED) is 0.125. The lowest BCUT2D eigenvalue weighted by Gasteiger charge is -2.17. The Morgan fingerprint density at radius 2 is 0.852 bits per heavy atom. The van der Waals surface area contributed by atoms with Crippen LogP contribution in [-0.4, -0.2) is 9.97 Å². The summed E-state index contributed by atoms with van der Waals surface area (Å²) in [5, 5.41) is 11.1. The summed E-state index contributed by atoms with van der Waals surface area (Å²) in [5.41, 5.74) is 11.5. The molecule has 2 heterocycles. The Hall–Kier alpha value is -8.14. The van der Waals surface area contributed by atoms with Gasteiger partial charge in [0.15, 0.2) is 5.82 Å². The van der Waals surface area contributed by atoms with E-state index in [2.05, 4.69) is 182 Å². The average molecular weight is 777 g/mol. The van der Waals surface area contributed by atoms with E-state index in [0.717, 1.165) is 55.9 Å². The summed E-state index contributed by atoms with van der Waals surface area (Å²) in [6, 6.07) is 77.6. The number of furan rings is 1. The highest BCUT2D eigenvalue weighted by Crippen LogP contribution is 2.44. The first-order chi connectivity index (χ1) is 30.2. The Kier molecular flexibility index (Phi) is 8.17. The lowest BCUT2D eigenvalue weighted by atomic mass is 9.86. The fourth-order valence-corrected chi connectivity index (χ4v) is 9.09. The first-order valence-electron chi connectivity index (χ1n) is 20.7. The lowest BCUT2D eigenvalue weighted by Crippen LogP contribution is -1.96. The number of hydrogen-bond acceptors (Lipinski definition) is 3. The van der Waals surface area contributed by atoms with E-state index >= 15 is 0 Å². The molecule has 284 valence electrons. The lowest BCUT2D eigenvalue weighted by molar-refractivity contribution is 0.631. The van der Waals surface area contributed by atoms with Gasteiger partial charge in [0.2, 0.25) is 0 Å². The molecule has 12 aromatic rings. The fourth-order valence-electron chi connectivity index (χ4n) is 9.09. The van der Waals surface area contributed by atoms with Gasteiger partial charge in [-0.3, -0.25) is 0 Å². The summed E-state index contributed by atoms with van der Waals surface area (Å²) < 4.78 is 6.16. The Balaban J connectivity index is 0.943. The molecule has 12 rings (SSSR count). The van der Waals surface area contributed by atoms with Crippen LogP contribution in [0.15, 0.2) is 223 Å². The number of nitrogens with zero attached hydrogens (tertiary/aromatic N) is 2. The summed E-state index contributed by atoms with van der Waals surface area (Å²) in [7, 11) is 0. The Labute approximate surface area is 352 Å². The molecule has 0 radical (unpaired) electrons. The predicted molar refractivity (Wildman–Crippen MR) is 254 cm³/mol. The number of hydrogen-bond donors (Lipinski definition) is 0. The van der Waals surface area contributed by atoms with Crippen LogP contribution in [0.4, 0.5) is 0 Å². The van der Waals surface area contributed by atoms with Crippen molar-refractivity contribution in [2.24, 2.45) is 0 Å². The van der Waals surface area contributed by atoms with Gasteiger partial charge in [0.1, 0.15) is 11.3 Å². The molecule has 0 N–H and O–H groups in total. The second kappa shape index (κ2) is 14.3. The van der Waals surface area contributed by atoms with E-state index < -0.39 is 0 Å². The van der Waals surface area contributed by atoms with Crippen molar-refractivity contribution in [3.63, 3.8) is 0 Å². The minimum atomic E-state index is 0.689. The minimum absolute atomic E-state index is 0.689. The number of benzene rings is 10. The zero-order valence-corrected chi connectivity index (χ0v) is 33.1. The van der Waals surface area contributed by atoms with Gasteiger partial charge in [-0.15, -0.1) is 0 Å². The molecular weight excluding hydrogens is 741 g/mol. The largest absolute Gasteiger partial charge is 0.456 e. The summed E-state index contributed by atoms with van der Waals surface area (Å²) in [4.78, 5) is 10.2. The zero-order valence-electron chi connectivity index (χ0n) is 33.1. The van der Waals surface area contributed by atoms with Crippen molar-refractivity contribution >= 4 is 54.1 Å². The number of para-hydroxylation sites is 1. The fraction of sp³-hybridized carbons (Fsp3) is 0. The molecule has 2 aromatic heterocycles. The van der Waals surface area contributed by atoms with Crippen molar-refractivity contribution in [3.8, 4) is 67.5 Å². The van der Waals surface area contributed by atoms with Gasteiger partial charge in [0.05, 0.1) is 11.4 Å². The third-order valence-corrected chi connectivity index (χ3v) is 12.1. The van der Waals surface area contributed by atoms with Gasteiger partial charge >= 0.3 is 0 Å². The van der Waals surface area contributed by atoms with E-state index in [4.69, 9.17) is 14.4 Å². The third kappa shape index (κ3) is 6.06.